The topological polar surface area (TPSA) is 60.1 Å². The van der Waals surface area contributed by atoms with Gasteiger partial charge in [-0.05, 0) is 48.7 Å². The SMILES string of the molecule is Cc1ccc(-c2cc(C(=O)NC(Cc3ccccc3)c3ccccc3)n(-c3ccccc3)n2)o1. The maximum absolute atomic E-state index is 13.7. The molecule has 34 heavy (non-hydrogen) atoms. The Hall–Kier alpha value is -4.38. The van der Waals surface area contributed by atoms with Crippen LogP contribution in [-0.4, -0.2) is 15.7 Å². The average Bonchev–Trinajstić information content (AvgIpc) is 3.52. The third-order valence-corrected chi connectivity index (χ3v) is 5.73. The van der Waals surface area contributed by atoms with E-state index in [0.717, 1.165) is 22.6 Å². The molecule has 0 spiro atoms. The van der Waals surface area contributed by atoms with Crippen molar-refractivity contribution in [2.75, 3.05) is 0 Å². The Morgan fingerprint density at radius 2 is 1.53 bits per heavy atom. The van der Waals surface area contributed by atoms with Crippen molar-refractivity contribution in [1.29, 1.82) is 0 Å². The summed E-state index contributed by atoms with van der Waals surface area (Å²) in [7, 11) is 0. The van der Waals surface area contributed by atoms with Crippen LogP contribution in [0, 0.1) is 6.92 Å². The number of nitrogens with zero attached hydrogens (tertiary/aromatic N) is 2. The first-order chi connectivity index (χ1) is 16.7. The van der Waals surface area contributed by atoms with E-state index >= 15 is 0 Å². The minimum atomic E-state index is -0.198. The summed E-state index contributed by atoms with van der Waals surface area (Å²) < 4.78 is 7.45. The smallest absolute Gasteiger partial charge is 0.270 e. The van der Waals surface area contributed by atoms with Crippen molar-refractivity contribution in [2.24, 2.45) is 0 Å². The summed E-state index contributed by atoms with van der Waals surface area (Å²) in [6, 6.07) is 35.2. The predicted molar refractivity (Wildman–Crippen MR) is 133 cm³/mol. The van der Waals surface area contributed by atoms with Crippen molar-refractivity contribution >= 4 is 5.91 Å². The fraction of sp³-hybridized carbons (Fsp3) is 0.103. The van der Waals surface area contributed by atoms with Gasteiger partial charge in [-0.3, -0.25) is 4.79 Å². The molecule has 168 valence electrons. The van der Waals surface area contributed by atoms with E-state index in [2.05, 4.69) is 17.4 Å². The summed E-state index contributed by atoms with van der Waals surface area (Å²) in [6.07, 6.45) is 0.681. The molecule has 0 saturated carbocycles. The fourth-order valence-electron chi connectivity index (χ4n) is 4.02. The van der Waals surface area contributed by atoms with Crippen molar-refractivity contribution in [3.05, 3.63) is 132 Å². The molecule has 2 heterocycles. The quantitative estimate of drug-likeness (QED) is 0.325. The average molecular weight is 448 g/mol. The molecule has 0 aliphatic heterocycles. The highest BCUT2D eigenvalue weighted by atomic mass is 16.3. The Labute approximate surface area is 198 Å². The van der Waals surface area contributed by atoms with Crippen LogP contribution in [0.2, 0.25) is 0 Å². The third-order valence-electron chi connectivity index (χ3n) is 5.73. The summed E-state index contributed by atoms with van der Waals surface area (Å²) in [4.78, 5) is 13.7. The van der Waals surface area contributed by atoms with Gasteiger partial charge in [0.15, 0.2) is 5.76 Å². The predicted octanol–water partition coefficient (Wildman–Crippen LogP) is 6.15. The number of aryl methyl sites for hydroxylation is 1. The number of benzene rings is 3. The lowest BCUT2D eigenvalue weighted by atomic mass is 9.98. The number of hydrogen-bond donors (Lipinski definition) is 1. The van der Waals surface area contributed by atoms with Gasteiger partial charge in [0.25, 0.3) is 5.91 Å². The standard InChI is InChI=1S/C29H25N3O2/c1-21-17-18-28(34-21)26-20-27(32(31-26)24-15-9-4-10-16-24)29(33)30-25(23-13-7-3-8-14-23)19-22-11-5-2-6-12-22/h2-18,20,25H,19H2,1H3,(H,30,33). The molecule has 2 aromatic heterocycles. The second kappa shape index (κ2) is 9.63. The molecule has 5 rings (SSSR count). The van der Waals surface area contributed by atoms with Crippen LogP contribution < -0.4 is 5.32 Å². The van der Waals surface area contributed by atoms with E-state index in [1.54, 1.807) is 10.7 Å². The Bertz CT molecular complexity index is 1370. The van der Waals surface area contributed by atoms with E-state index in [4.69, 9.17) is 9.52 Å². The molecule has 1 N–H and O–H groups in total. The summed E-state index contributed by atoms with van der Waals surface area (Å²) in [6.45, 7) is 1.89. The van der Waals surface area contributed by atoms with E-state index in [0.29, 0.717) is 23.6 Å². The normalized spacial score (nSPS) is 11.8. The van der Waals surface area contributed by atoms with E-state index in [1.165, 1.54) is 0 Å². The first-order valence-electron chi connectivity index (χ1n) is 11.3. The lowest BCUT2D eigenvalue weighted by molar-refractivity contribution is 0.0928. The van der Waals surface area contributed by atoms with Crippen molar-refractivity contribution in [3.8, 4) is 17.1 Å². The van der Waals surface area contributed by atoms with Gasteiger partial charge in [0.2, 0.25) is 0 Å². The van der Waals surface area contributed by atoms with Crippen LogP contribution in [0.1, 0.15) is 33.4 Å². The Kier molecular flexibility index (Phi) is 6.08. The summed E-state index contributed by atoms with van der Waals surface area (Å²) in [5.74, 6) is 1.23. The molecular weight excluding hydrogens is 422 g/mol. The maximum Gasteiger partial charge on any atom is 0.270 e. The number of furan rings is 1. The number of para-hydroxylation sites is 1. The summed E-state index contributed by atoms with van der Waals surface area (Å²) in [5.41, 5.74) is 4.07. The molecule has 0 radical (unpaired) electrons. The van der Waals surface area contributed by atoms with Crippen LogP contribution in [0.25, 0.3) is 17.1 Å². The van der Waals surface area contributed by atoms with E-state index in [-0.39, 0.29) is 11.9 Å². The molecule has 1 amide bonds. The van der Waals surface area contributed by atoms with Crippen LogP contribution in [0.5, 0.6) is 0 Å². The Morgan fingerprint density at radius 3 is 2.18 bits per heavy atom. The maximum atomic E-state index is 13.7. The highest BCUT2D eigenvalue weighted by Gasteiger charge is 2.22. The number of carbonyl (C=O) groups is 1. The fourth-order valence-corrected chi connectivity index (χ4v) is 4.02. The minimum absolute atomic E-state index is 0.190. The van der Waals surface area contributed by atoms with Gasteiger partial charge in [0, 0.05) is 6.07 Å². The van der Waals surface area contributed by atoms with Gasteiger partial charge in [-0.2, -0.15) is 5.10 Å². The number of carbonyl (C=O) groups excluding carboxylic acids is 1. The monoisotopic (exact) mass is 447 g/mol. The van der Waals surface area contributed by atoms with Crippen LogP contribution >= 0.6 is 0 Å². The largest absolute Gasteiger partial charge is 0.460 e. The molecular formula is C29H25N3O2. The highest BCUT2D eigenvalue weighted by Crippen LogP contribution is 2.25. The second-order valence-electron chi connectivity index (χ2n) is 8.20. The molecule has 0 aliphatic rings. The van der Waals surface area contributed by atoms with Gasteiger partial charge in [0.05, 0.1) is 11.7 Å². The molecule has 5 nitrogen and oxygen atoms in total. The Morgan fingerprint density at radius 1 is 0.882 bits per heavy atom. The molecule has 1 atom stereocenters. The molecule has 0 aliphatic carbocycles. The van der Waals surface area contributed by atoms with Crippen LogP contribution in [0.15, 0.2) is 114 Å². The molecule has 5 heteroatoms. The van der Waals surface area contributed by atoms with Gasteiger partial charge in [-0.15, -0.1) is 0 Å². The van der Waals surface area contributed by atoms with Crippen LogP contribution in [-0.2, 0) is 6.42 Å². The third kappa shape index (κ3) is 4.69. The minimum Gasteiger partial charge on any atom is -0.460 e. The second-order valence-corrected chi connectivity index (χ2v) is 8.20. The highest BCUT2D eigenvalue weighted by molar-refractivity contribution is 5.94. The van der Waals surface area contributed by atoms with Gasteiger partial charge >= 0.3 is 0 Å². The van der Waals surface area contributed by atoms with Gasteiger partial charge < -0.3 is 9.73 Å². The lowest BCUT2D eigenvalue weighted by Gasteiger charge is -2.20. The van der Waals surface area contributed by atoms with Crippen molar-refractivity contribution in [1.82, 2.24) is 15.1 Å². The van der Waals surface area contributed by atoms with E-state index in [9.17, 15) is 4.79 Å². The van der Waals surface area contributed by atoms with E-state index in [1.807, 2.05) is 97.9 Å². The van der Waals surface area contributed by atoms with Gasteiger partial charge in [-0.25, -0.2) is 4.68 Å². The molecule has 3 aromatic carbocycles. The van der Waals surface area contributed by atoms with E-state index < -0.39 is 0 Å². The molecule has 1 unspecified atom stereocenters. The zero-order chi connectivity index (χ0) is 23.3. The summed E-state index contributed by atoms with van der Waals surface area (Å²) >= 11 is 0. The van der Waals surface area contributed by atoms with Crippen LogP contribution in [0.3, 0.4) is 0 Å². The number of aromatic nitrogens is 2. The van der Waals surface area contributed by atoms with Crippen molar-refractivity contribution < 1.29 is 9.21 Å². The molecule has 5 aromatic rings. The summed E-state index contributed by atoms with van der Waals surface area (Å²) in [5, 5.41) is 7.96. The molecule has 0 fully saturated rings. The van der Waals surface area contributed by atoms with Gasteiger partial charge in [0.1, 0.15) is 17.1 Å². The van der Waals surface area contributed by atoms with Crippen molar-refractivity contribution in [3.63, 3.8) is 0 Å². The number of rotatable bonds is 7. The Balaban J connectivity index is 1.51. The number of hydrogen-bond acceptors (Lipinski definition) is 3. The first kappa shape index (κ1) is 21.5. The number of amides is 1. The number of nitrogens with one attached hydrogen (secondary N) is 1. The molecule has 0 saturated heterocycles. The van der Waals surface area contributed by atoms with Crippen LogP contribution in [0.4, 0.5) is 0 Å². The zero-order valence-electron chi connectivity index (χ0n) is 18.9. The van der Waals surface area contributed by atoms with Gasteiger partial charge in [-0.1, -0.05) is 78.9 Å². The first-order valence-corrected chi connectivity index (χ1v) is 11.3. The van der Waals surface area contributed by atoms with Crippen molar-refractivity contribution in [2.45, 2.75) is 19.4 Å². The molecule has 0 bridgehead atoms. The zero-order valence-corrected chi connectivity index (χ0v) is 18.9. The lowest BCUT2D eigenvalue weighted by Crippen LogP contribution is -2.31.